The van der Waals surface area contributed by atoms with Crippen molar-refractivity contribution >= 4 is 5.97 Å². The summed E-state index contributed by atoms with van der Waals surface area (Å²) in [5.74, 6) is 0.371. The van der Waals surface area contributed by atoms with Crippen molar-refractivity contribution in [1.29, 1.82) is 0 Å². The van der Waals surface area contributed by atoms with E-state index in [4.69, 9.17) is 14.6 Å². The summed E-state index contributed by atoms with van der Waals surface area (Å²) in [6, 6.07) is 5.23. The van der Waals surface area contributed by atoms with Gasteiger partial charge in [-0.05, 0) is 24.6 Å². The summed E-state index contributed by atoms with van der Waals surface area (Å²) in [7, 11) is 4.91. The fourth-order valence-electron chi connectivity index (χ4n) is 2.39. The van der Waals surface area contributed by atoms with Gasteiger partial charge < -0.3 is 14.6 Å². The molecule has 0 saturated heterocycles. The Morgan fingerprint density at radius 1 is 1.33 bits per heavy atom. The number of benzene rings is 1. The number of methoxy groups -OCH3 is 2. The molecule has 0 aliphatic rings. The highest BCUT2D eigenvalue weighted by molar-refractivity contribution is 5.87. The molecule has 1 N–H and O–H groups in total. The largest absolute Gasteiger partial charge is 0.496 e. The molecule has 112 valence electrons. The summed E-state index contributed by atoms with van der Waals surface area (Å²) in [6.45, 7) is 2.01. The van der Waals surface area contributed by atoms with Crippen molar-refractivity contribution in [3.05, 3.63) is 29.5 Å². The van der Waals surface area contributed by atoms with Crippen LogP contribution in [0.3, 0.4) is 0 Å². The van der Waals surface area contributed by atoms with E-state index in [1.54, 1.807) is 21.3 Å². The SMILES string of the molecule is CCc1c(OC)ccc(-c2cc(C(=O)O)nn2C)c1OC. The van der Waals surface area contributed by atoms with Crippen molar-refractivity contribution in [3.63, 3.8) is 0 Å². The minimum Gasteiger partial charge on any atom is -0.496 e. The highest BCUT2D eigenvalue weighted by Gasteiger charge is 2.19. The van der Waals surface area contributed by atoms with E-state index in [-0.39, 0.29) is 5.69 Å². The molecule has 0 atom stereocenters. The standard InChI is InChI=1S/C15H18N2O4/c1-5-9-13(20-3)7-6-10(14(9)21-4)12-8-11(15(18)19)16-17(12)2/h6-8H,5H2,1-4H3,(H,18,19). The van der Waals surface area contributed by atoms with E-state index in [0.717, 1.165) is 23.3 Å². The van der Waals surface area contributed by atoms with Crippen LogP contribution in [0, 0.1) is 0 Å². The minimum absolute atomic E-state index is 0.00317. The number of rotatable bonds is 5. The second-order valence-electron chi connectivity index (χ2n) is 4.52. The summed E-state index contributed by atoms with van der Waals surface area (Å²) >= 11 is 0. The van der Waals surface area contributed by atoms with Gasteiger partial charge >= 0.3 is 5.97 Å². The molecule has 2 rings (SSSR count). The molecule has 0 aliphatic carbocycles. The molecule has 0 amide bonds. The van der Waals surface area contributed by atoms with Gasteiger partial charge in [0.15, 0.2) is 5.69 Å². The Morgan fingerprint density at radius 3 is 2.52 bits per heavy atom. The van der Waals surface area contributed by atoms with Gasteiger partial charge in [0.25, 0.3) is 0 Å². The maximum atomic E-state index is 11.0. The minimum atomic E-state index is -1.06. The number of nitrogens with zero attached hydrogens (tertiary/aromatic N) is 2. The van der Waals surface area contributed by atoms with E-state index in [1.165, 1.54) is 10.7 Å². The predicted molar refractivity (Wildman–Crippen MR) is 78.1 cm³/mol. The average Bonchev–Trinajstić information content (AvgIpc) is 2.87. The molecule has 0 radical (unpaired) electrons. The van der Waals surface area contributed by atoms with Gasteiger partial charge in [-0.2, -0.15) is 5.10 Å². The van der Waals surface area contributed by atoms with Gasteiger partial charge in [0, 0.05) is 18.2 Å². The molecule has 21 heavy (non-hydrogen) atoms. The average molecular weight is 290 g/mol. The fourth-order valence-corrected chi connectivity index (χ4v) is 2.39. The molecule has 0 unspecified atom stereocenters. The second-order valence-corrected chi connectivity index (χ2v) is 4.52. The molecular weight excluding hydrogens is 272 g/mol. The van der Waals surface area contributed by atoms with E-state index in [1.807, 2.05) is 19.1 Å². The summed E-state index contributed by atoms with van der Waals surface area (Å²) in [5, 5.41) is 13.0. The normalized spacial score (nSPS) is 10.5. The van der Waals surface area contributed by atoms with Crippen LogP contribution in [0.1, 0.15) is 23.0 Å². The van der Waals surface area contributed by atoms with Gasteiger partial charge in [0.1, 0.15) is 11.5 Å². The maximum Gasteiger partial charge on any atom is 0.356 e. The number of carbonyl (C=O) groups is 1. The van der Waals surface area contributed by atoms with Crippen molar-refractivity contribution in [2.24, 2.45) is 7.05 Å². The zero-order valence-corrected chi connectivity index (χ0v) is 12.5. The first kappa shape index (κ1) is 14.9. The van der Waals surface area contributed by atoms with Gasteiger partial charge in [0.2, 0.25) is 0 Å². The molecule has 2 aromatic rings. The van der Waals surface area contributed by atoms with Gasteiger partial charge in [-0.3, -0.25) is 4.68 Å². The Labute approximate surface area is 122 Å². The number of carboxylic acid groups (broad SMARTS) is 1. The first-order valence-electron chi connectivity index (χ1n) is 6.55. The zero-order valence-electron chi connectivity index (χ0n) is 12.5. The van der Waals surface area contributed by atoms with Crippen LogP contribution in [-0.4, -0.2) is 35.1 Å². The lowest BCUT2D eigenvalue weighted by Gasteiger charge is -2.16. The molecule has 6 nitrogen and oxygen atoms in total. The Morgan fingerprint density at radius 2 is 2.05 bits per heavy atom. The Balaban J connectivity index is 2.66. The van der Waals surface area contributed by atoms with Gasteiger partial charge in [0.05, 0.1) is 19.9 Å². The quantitative estimate of drug-likeness (QED) is 0.915. The van der Waals surface area contributed by atoms with Gasteiger partial charge in [-0.1, -0.05) is 6.92 Å². The van der Waals surface area contributed by atoms with Crippen molar-refractivity contribution in [3.8, 4) is 22.8 Å². The number of aromatic carboxylic acids is 1. The molecule has 0 fully saturated rings. The molecule has 0 spiro atoms. The second kappa shape index (κ2) is 5.87. The summed E-state index contributed by atoms with van der Waals surface area (Å²) in [4.78, 5) is 11.0. The maximum absolute atomic E-state index is 11.0. The highest BCUT2D eigenvalue weighted by atomic mass is 16.5. The predicted octanol–water partition coefficient (Wildman–Crippen LogP) is 2.36. The van der Waals surface area contributed by atoms with E-state index in [2.05, 4.69) is 5.10 Å². The number of aromatic nitrogens is 2. The summed E-state index contributed by atoms with van der Waals surface area (Å²) in [6.07, 6.45) is 0.740. The lowest BCUT2D eigenvalue weighted by Crippen LogP contribution is -2.01. The number of carboxylic acids is 1. The molecule has 0 saturated carbocycles. The molecule has 6 heteroatoms. The van der Waals surface area contributed by atoms with E-state index in [9.17, 15) is 4.79 Å². The lowest BCUT2D eigenvalue weighted by molar-refractivity contribution is 0.0689. The smallest absolute Gasteiger partial charge is 0.356 e. The zero-order chi connectivity index (χ0) is 15.6. The fraction of sp³-hybridized carbons (Fsp3) is 0.333. The molecule has 1 aromatic carbocycles. The molecule has 1 aromatic heterocycles. The van der Waals surface area contributed by atoms with E-state index >= 15 is 0 Å². The Hall–Kier alpha value is -2.50. The molecule has 1 heterocycles. The van der Waals surface area contributed by atoms with E-state index < -0.39 is 5.97 Å². The van der Waals surface area contributed by atoms with Crippen LogP contribution in [0.15, 0.2) is 18.2 Å². The van der Waals surface area contributed by atoms with Crippen LogP contribution < -0.4 is 9.47 Å². The summed E-state index contributed by atoms with van der Waals surface area (Å²) in [5.41, 5.74) is 2.42. The topological polar surface area (TPSA) is 73.6 Å². The Kier molecular flexibility index (Phi) is 4.16. The van der Waals surface area contributed by atoms with Crippen molar-refractivity contribution in [2.75, 3.05) is 14.2 Å². The highest BCUT2D eigenvalue weighted by Crippen LogP contribution is 2.38. The molecule has 0 aliphatic heterocycles. The number of aryl methyl sites for hydroxylation is 1. The van der Waals surface area contributed by atoms with Crippen LogP contribution >= 0.6 is 0 Å². The number of hydrogen-bond acceptors (Lipinski definition) is 4. The van der Waals surface area contributed by atoms with E-state index in [0.29, 0.717) is 11.4 Å². The van der Waals surface area contributed by atoms with Crippen molar-refractivity contribution in [1.82, 2.24) is 9.78 Å². The Bertz CT molecular complexity index is 677. The van der Waals surface area contributed by atoms with Crippen LogP contribution in [0.25, 0.3) is 11.3 Å². The van der Waals surface area contributed by atoms with Crippen LogP contribution in [0.2, 0.25) is 0 Å². The first-order chi connectivity index (χ1) is 10.0. The van der Waals surface area contributed by atoms with Crippen molar-refractivity contribution in [2.45, 2.75) is 13.3 Å². The van der Waals surface area contributed by atoms with Crippen LogP contribution in [0.4, 0.5) is 0 Å². The van der Waals surface area contributed by atoms with Crippen molar-refractivity contribution < 1.29 is 19.4 Å². The monoisotopic (exact) mass is 290 g/mol. The third-order valence-electron chi connectivity index (χ3n) is 3.37. The van der Waals surface area contributed by atoms with Crippen LogP contribution in [-0.2, 0) is 13.5 Å². The molecular formula is C15H18N2O4. The van der Waals surface area contributed by atoms with Gasteiger partial charge in [-0.25, -0.2) is 4.79 Å². The molecule has 0 bridgehead atoms. The number of hydrogen-bond donors (Lipinski definition) is 1. The van der Waals surface area contributed by atoms with Gasteiger partial charge in [-0.15, -0.1) is 0 Å². The number of ether oxygens (including phenoxy) is 2. The van der Waals surface area contributed by atoms with Crippen LogP contribution in [0.5, 0.6) is 11.5 Å². The summed E-state index contributed by atoms with van der Waals surface area (Å²) < 4.78 is 12.4. The lowest BCUT2D eigenvalue weighted by atomic mass is 10.0. The third kappa shape index (κ3) is 2.56. The third-order valence-corrected chi connectivity index (χ3v) is 3.37. The first-order valence-corrected chi connectivity index (χ1v) is 6.55.